The van der Waals surface area contributed by atoms with Crippen LogP contribution in [0.15, 0.2) is 137 Å². The molecule has 4 heterocycles. The Morgan fingerprint density at radius 1 is 0.700 bits per heavy atom. The second kappa shape index (κ2) is 10.5. The first-order valence-corrected chi connectivity index (χ1v) is 19.6. The number of ether oxygens (including phenoxy) is 1. The second-order valence-electron chi connectivity index (χ2n) is 14.7. The molecule has 0 atom stereocenters. The van der Waals surface area contributed by atoms with Gasteiger partial charge in [0.1, 0.15) is 0 Å². The van der Waals surface area contributed by atoms with Crippen molar-refractivity contribution in [2.45, 2.75) is 44.9 Å². The first-order valence-electron chi connectivity index (χ1n) is 17.8. The zero-order valence-electron chi connectivity index (χ0n) is 28.1. The van der Waals surface area contributed by atoms with Gasteiger partial charge in [-0.3, -0.25) is 0 Å². The molecule has 0 radical (unpaired) electrons. The van der Waals surface area contributed by atoms with Crippen LogP contribution >= 0.6 is 0 Å². The molecule has 0 unspecified atom stereocenters. The van der Waals surface area contributed by atoms with E-state index in [1.807, 2.05) is 6.07 Å². The molecular weight excluding hydrogens is 676 g/mol. The van der Waals surface area contributed by atoms with Crippen LogP contribution in [0.1, 0.15) is 45.1 Å². The van der Waals surface area contributed by atoms with Crippen LogP contribution < -0.4 is 34.9 Å². The summed E-state index contributed by atoms with van der Waals surface area (Å²) in [4.78, 5) is 2.55. The number of anilines is 2. The van der Waals surface area contributed by atoms with Crippen molar-refractivity contribution in [1.82, 2.24) is 0 Å². The molecule has 3 nitrogen and oxygen atoms in total. The van der Waals surface area contributed by atoms with Crippen LogP contribution in [0.25, 0.3) is 33.1 Å². The monoisotopic (exact) mass is 711 g/mol. The third-order valence-electron chi connectivity index (χ3n) is 11.6. The molecule has 0 amide bonds. The Morgan fingerprint density at radius 3 is 2.50 bits per heavy atom. The predicted molar refractivity (Wildman–Crippen MR) is 209 cm³/mol. The summed E-state index contributed by atoms with van der Waals surface area (Å²) in [5, 5.41) is 2.32. The summed E-state index contributed by atoms with van der Waals surface area (Å²) in [6.45, 7) is 4.94. The van der Waals surface area contributed by atoms with Gasteiger partial charge in [0, 0.05) is 0 Å². The minimum atomic E-state index is 0.0286. The second-order valence-corrected chi connectivity index (χ2v) is 16.9. The Kier molecular flexibility index (Phi) is 6.07. The van der Waals surface area contributed by atoms with Gasteiger partial charge in [0.25, 0.3) is 0 Å². The summed E-state index contributed by atoms with van der Waals surface area (Å²) in [6, 6.07) is 44.7. The average Bonchev–Trinajstić information content (AvgIpc) is 3.54. The predicted octanol–water partition coefficient (Wildman–Crippen LogP) is 8.10. The topological polar surface area (TPSA) is 25.6 Å². The molecule has 0 fully saturated rings. The quantitative estimate of drug-likeness (QED) is 0.170. The summed E-state index contributed by atoms with van der Waals surface area (Å²) in [5.74, 6) is 1.95. The normalized spacial score (nSPS) is 16.8. The van der Waals surface area contributed by atoms with E-state index in [0.717, 1.165) is 51.8 Å². The van der Waals surface area contributed by atoms with E-state index < -0.39 is 0 Å². The molecule has 7 aromatic rings. The van der Waals surface area contributed by atoms with E-state index in [9.17, 15) is 0 Å². The van der Waals surface area contributed by atoms with Crippen LogP contribution in [0, 0.1) is 0 Å². The van der Waals surface area contributed by atoms with Gasteiger partial charge >= 0.3 is 300 Å². The molecule has 11 rings (SSSR count). The Morgan fingerprint density at radius 2 is 1.54 bits per heavy atom. The van der Waals surface area contributed by atoms with E-state index in [1.165, 1.54) is 66.4 Å². The number of fused-ring (bicyclic) bond motifs is 8. The minimum absolute atomic E-state index is 0.0286. The number of allylic oxidation sites excluding steroid dienone is 2. The molecule has 4 aliphatic rings. The van der Waals surface area contributed by atoms with E-state index in [2.05, 4.69) is 134 Å². The van der Waals surface area contributed by atoms with E-state index >= 15 is 0 Å². The molecule has 50 heavy (non-hydrogen) atoms. The van der Waals surface area contributed by atoms with Crippen molar-refractivity contribution in [3.8, 4) is 22.6 Å². The van der Waals surface area contributed by atoms with Gasteiger partial charge in [-0.05, 0) is 0 Å². The molecule has 0 saturated heterocycles. The van der Waals surface area contributed by atoms with E-state index in [-0.39, 0.29) is 27.1 Å². The van der Waals surface area contributed by atoms with E-state index in [0.29, 0.717) is 0 Å². The molecule has 240 valence electrons. The van der Waals surface area contributed by atoms with Gasteiger partial charge in [-0.2, -0.15) is 0 Å². The maximum atomic E-state index is 6.89. The first kappa shape index (κ1) is 28.8. The number of rotatable bonds is 2. The van der Waals surface area contributed by atoms with Gasteiger partial charge in [-0.15, -0.1) is 0 Å². The molecule has 1 aromatic heterocycles. The van der Waals surface area contributed by atoms with Crippen LogP contribution in [0.2, 0.25) is 0 Å². The van der Waals surface area contributed by atoms with Crippen LogP contribution in [-0.4, -0.2) is 21.7 Å². The summed E-state index contributed by atoms with van der Waals surface area (Å²) < 4.78 is 16.2. The van der Waals surface area contributed by atoms with Crippen LogP contribution in [0.3, 0.4) is 0 Å². The van der Waals surface area contributed by atoms with Crippen molar-refractivity contribution in [3.05, 3.63) is 138 Å². The summed E-state index contributed by atoms with van der Waals surface area (Å²) in [5.41, 5.74) is 15.2. The SMILES string of the molecule is CC1(C)C2=C(CCCC2)N(c2ccc3c(c2)Oc2cccc4c2B3c2cc(-c3cccc5c3oc3ccccc35)ccc2[Se]4)c2ccccc21. The Bertz CT molecular complexity index is 2610. The molecule has 0 saturated carbocycles. The van der Waals surface area contributed by atoms with Gasteiger partial charge in [-0.25, -0.2) is 0 Å². The molecule has 6 aromatic carbocycles. The zero-order valence-corrected chi connectivity index (χ0v) is 29.8. The molecule has 0 spiro atoms. The third-order valence-corrected chi connectivity index (χ3v) is 14.1. The Hall–Kier alpha value is -4.96. The van der Waals surface area contributed by atoms with Crippen LogP contribution in [-0.2, 0) is 5.41 Å². The van der Waals surface area contributed by atoms with Crippen LogP contribution in [0.5, 0.6) is 11.5 Å². The summed E-state index contributed by atoms with van der Waals surface area (Å²) in [6.07, 6.45) is 4.77. The fraction of sp³-hybridized carbons (Fsp3) is 0.156. The molecule has 0 bridgehead atoms. The fourth-order valence-corrected chi connectivity index (χ4v) is 11.7. The number of nitrogens with zero attached hydrogens (tertiary/aromatic N) is 1. The Labute approximate surface area is 298 Å². The van der Waals surface area contributed by atoms with Crippen molar-refractivity contribution in [1.29, 1.82) is 0 Å². The van der Waals surface area contributed by atoms with E-state index in [4.69, 9.17) is 9.15 Å². The molecule has 3 aliphatic heterocycles. The number of hydrogen-bond acceptors (Lipinski definition) is 3. The van der Waals surface area contributed by atoms with Crippen molar-refractivity contribution in [2.24, 2.45) is 0 Å². The van der Waals surface area contributed by atoms with Gasteiger partial charge in [0.05, 0.1) is 0 Å². The van der Waals surface area contributed by atoms with Gasteiger partial charge in [0.15, 0.2) is 0 Å². The van der Waals surface area contributed by atoms with Gasteiger partial charge in [-0.1, -0.05) is 0 Å². The summed E-state index contributed by atoms with van der Waals surface area (Å²) in [7, 11) is 0. The van der Waals surface area contributed by atoms with Crippen LogP contribution in [0.4, 0.5) is 11.4 Å². The van der Waals surface area contributed by atoms with Crippen molar-refractivity contribution in [2.75, 3.05) is 4.90 Å². The van der Waals surface area contributed by atoms with Gasteiger partial charge < -0.3 is 0 Å². The van der Waals surface area contributed by atoms with Gasteiger partial charge in [0.2, 0.25) is 0 Å². The summed E-state index contributed by atoms with van der Waals surface area (Å²) >= 11 is 0.191. The number of hydrogen-bond donors (Lipinski definition) is 0. The zero-order chi connectivity index (χ0) is 33.1. The standard InChI is InChI=1S/C45H34BNO2Se/c1-45(2)32-14-4-6-16-36(32)47(37-17-7-5-15-33(37)45)28-22-23-34-40(26-28)48-39-19-10-20-42-43(39)46(34)35-25-27(21-24-41(35)50-42)29-12-9-13-31-30-11-3-8-18-38(30)49-44(29)31/h3-4,6,8-14,16,18-26H,5,7,15,17H2,1-2H3. The molecule has 5 heteroatoms. The number of furan rings is 1. The first-order chi connectivity index (χ1) is 24.5. The van der Waals surface area contributed by atoms with Crippen molar-refractivity contribution >= 4 is 80.3 Å². The number of benzene rings is 6. The van der Waals surface area contributed by atoms with Crippen molar-refractivity contribution in [3.63, 3.8) is 0 Å². The Balaban J connectivity index is 1.08. The third kappa shape index (κ3) is 3.99. The fourth-order valence-electron chi connectivity index (χ4n) is 9.31. The van der Waals surface area contributed by atoms with E-state index in [1.54, 1.807) is 5.57 Å². The maximum absolute atomic E-state index is 6.89. The molecule has 1 aliphatic carbocycles. The van der Waals surface area contributed by atoms with Crippen molar-refractivity contribution < 1.29 is 9.15 Å². The molecular formula is C45H34BNO2Se. The number of para-hydroxylation sites is 3. The molecule has 0 N–H and O–H groups in total. The average molecular weight is 711 g/mol.